The van der Waals surface area contributed by atoms with Crippen LogP contribution >= 0.6 is 11.6 Å². The SMILES string of the molecule is O=C(Cn1cc(-c2cccn2-c2ncnc3cc(OCCCCl)c(F)cc23)cn1)Nc1cccc(F)c1. The minimum Gasteiger partial charge on any atom is -0.490 e. The highest BCUT2D eigenvalue weighted by Gasteiger charge is 2.16. The Morgan fingerprint density at radius 2 is 2.00 bits per heavy atom. The first kappa shape index (κ1) is 24.4. The first-order chi connectivity index (χ1) is 18.0. The molecule has 37 heavy (non-hydrogen) atoms. The van der Waals surface area contributed by atoms with Crippen LogP contribution in [0.15, 0.2) is 73.4 Å². The van der Waals surface area contributed by atoms with Crippen molar-refractivity contribution < 1.29 is 18.3 Å². The molecule has 188 valence electrons. The van der Waals surface area contributed by atoms with Crippen LogP contribution in [0.3, 0.4) is 0 Å². The largest absolute Gasteiger partial charge is 0.490 e. The lowest BCUT2D eigenvalue weighted by Gasteiger charge is -2.12. The van der Waals surface area contributed by atoms with Gasteiger partial charge in [-0.3, -0.25) is 9.48 Å². The molecule has 0 radical (unpaired) electrons. The van der Waals surface area contributed by atoms with Crippen LogP contribution in [0.1, 0.15) is 6.42 Å². The summed E-state index contributed by atoms with van der Waals surface area (Å²) in [6.45, 7) is 0.237. The highest BCUT2D eigenvalue weighted by Crippen LogP contribution is 2.30. The third-order valence-electron chi connectivity index (χ3n) is 5.52. The number of nitrogens with one attached hydrogen (secondary N) is 1. The van der Waals surface area contributed by atoms with Gasteiger partial charge in [-0.15, -0.1) is 11.6 Å². The molecular formula is C26H21ClF2N6O2. The van der Waals surface area contributed by atoms with E-state index in [0.717, 1.165) is 11.3 Å². The van der Waals surface area contributed by atoms with Crippen molar-refractivity contribution in [1.29, 1.82) is 0 Å². The highest BCUT2D eigenvalue weighted by molar-refractivity contribution is 6.17. The summed E-state index contributed by atoms with van der Waals surface area (Å²) < 4.78 is 36.9. The maximum atomic E-state index is 14.8. The molecule has 0 bridgehead atoms. The molecule has 0 aliphatic heterocycles. The number of benzene rings is 2. The number of hydrogen-bond acceptors (Lipinski definition) is 5. The smallest absolute Gasteiger partial charge is 0.246 e. The number of ether oxygens (including phenoxy) is 1. The molecule has 0 aliphatic rings. The van der Waals surface area contributed by atoms with Gasteiger partial charge in [0.15, 0.2) is 11.6 Å². The Bertz CT molecular complexity index is 1570. The molecule has 8 nitrogen and oxygen atoms in total. The summed E-state index contributed by atoms with van der Waals surface area (Å²) in [7, 11) is 0. The Morgan fingerprint density at radius 3 is 2.84 bits per heavy atom. The van der Waals surface area contributed by atoms with E-state index in [1.165, 1.54) is 35.3 Å². The standard InChI is InChI=1S/C26H21ClF2N6O2/c27-7-3-9-37-24-12-22-20(11-21(24)29)26(31-16-30-22)35-8-2-6-23(35)17-13-32-34(14-17)15-25(36)33-19-5-1-4-18(28)10-19/h1-2,4-6,8,10-14,16H,3,7,9,15H2,(H,33,36). The fraction of sp³-hybridized carbons (Fsp3) is 0.154. The van der Waals surface area contributed by atoms with E-state index in [2.05, 4.69) is 20.4 Å². The number of anilines is 1. The Morgan fingerprint density at radius 1 is 1.11 bits per heavy atom. The summed E-state index contributed by atoms with van der Waals surface area (Å²) in [5.41, 5.74) is 2.34. The maximum absolute atomic E-state index is 14.8. The predicted octanol–water partition coefficient (Wildman–Crippen LogP) is 5.21. The zero-order valence-corrected chi connectivity index (χ0v) is 20.2. The van der Waals surface area contributed by atoms with E-state index in [0.29, 0.717) is 41.3 Å². The number of amides is 1. The summed E-state index contributed by atoms with van der Waals surface area (Å²) in [6, 6.07) is 12.3. The number of nitrogens with zero attached hydrogens (tertiary/aromatic N) is 5. The van der Waals surface area contributed by atoms with E-state index in [4.69, 9.17) is 16.3 Å². The van der Waals surface area contributed by atoms with Crippen LogP contribution in [0.2, 0.25) is 0 Å². The monoisotopic (exact) mass is 522 g/mol. The molecule has 0 saturated carbocycles. The van der Waals surface area contributed by atoms with E-state index >= 15 is 0 Å². The third-order valence-corrected chi connectivity index (χ3v) is 5.79. The van der Waals surface area contributed by atoms with Crippen molar-refractivity contribution in [2.24, 2.45) is 0 Å². The van der Waals surface area contributed by atoms with Gasteiger partial charge in [0.2, 0.25) is 5.91 Å². The van der Waals surface area contributed by atoms with Crippen LogP contribution in [0.4, 0.5) is 14.5 Å². The number of rotatable bonds is 9. The van der Waals surface area contributed by atoms with Crippen LogP contribution < -0.4 is 10.1 Å². The lowest BCUT2D eigenvalue weighted by atomic mass is 10.2. The van der Waals surface area contributed by atoms with Crippen molar-refractivity contribution >= 4 is 34.1 Å². The van der Waals surface area contributed by atoms with Crippen molar-refractivity contribution in [1.82, 2.24) is 24.3 Å². The molecule has 0 spiro atoms. The number of fused-ring (bicyclic) bond motifs is 1. The molecular weight excluding hydrogens is 502 g/mol. The number of aromatic nitrogens is 5. The second-order valence-corrected chi connectivity index (χ2v) is 8.51. The van der Waals surface area contributed by atoms with Gasteiger partial charge < -0.3 is 14.6 Å². The van der Waals surface area contributed by atoms with Crippen LogP contribution in [-0.2, 0) is 11.3 Å². The molecule has 1 amide bonds. The average Bonchev–Trinajstić information content (AvgIpc) is 3.54. The first-order valence-electron chi connectivity index (χ1n) is 11.4. The molecule has 5 rings (SSSR count). The number of carbonyl (C=O) groups excluding carboxylic acids is 1. The van der Waals surface area contributed by atoms with Gasteiger partial charge in [-0.2, -0.15) is 5.10 Å². The zero-order valence-electron chi connectivity index (χ0n) is 19.4. The molecule has 0 unspecified atom stereocenters. The Hall–Kier alpha value is -4.31. The summed E-state index contributed by atoms with van der Waals surface area (Å²) in [5, 5.41) is 7.43. The van der Waals surface area contributed by atoms with Gasteiger partial charge >= 0.3 is 0 Å². The van der Waals surface area contributed by atoms with Gasteiger partial charge in [0.1, 0.15) is 24.5 Å². The third kappa shape index (κ3) is 5.44. The van der Waals surface area contributed by atoms with Crippen molar-refractivity contribution in [2.75, 3.05) is 17.8 Å². The van der Waals surface area contributed by atoms with E-state index in [1.54, 1.807) is 35.3 Å². The van der Waals surface area contributed by atoms with Crippen LogP contribution in [0.25, 0.3) is 28.0 Å². The fourth-order valence-corrected chi connectivity index (χ4v) is 3.99. The van der Waals surface area contributed by atoms with Crippen LogP contribution in [0.5, 0.6) is 5.75 Å². The second kappa shape index (κ2) is 10.8. The lowest BCUT2D eigenvalue weighted by Crippen LogP contribution is -2.19. The quantitative estimate of drug-likeness (QED) is 0.212. The number of carbonyl (C=O) groups is 1. The van der Waals surface area contributed by atoms with Gasteiger partial charge in [0.25, 0.3) is 0 Å². The summed E-state index contributed by atoms with van der Waals surface area (Å²) in [4.78, 5) is 21.1. The van der Waals surface area contributed by atoms with Crippen molar-refractivity contribution in [3.63, 3.8) is 0 Å². The molecule has 11 heteroatoms. The van der Waals surface area contributed by atoms with Gasteiger partial charge in [0, 0.05) is 41.0 Å². The van der Waals surface area contributed by atoms with E-state index < -0.39 is 11.6 Å². The van der Waals surface area contributed by atoms with E-state index in [-0.39, 0.29) is 18.2 Å². The molecule has 0 atom stereocenters. The topological polar surface area (TPSA) is 86.9 Å². The second-order valence-electron chi connectivity index (χ2n) is 8.14. The van der Waals surface area contributed by atoms with Gasteiger partial charge in [-0.05, 0) is 42.8 Å². The number of alkyl halides is 1. The number of hydrogen-bond donors (Lipinski definition) is 1. The fourth-order valence-electron chi connectivity index (χ4n) is 3.88. The van der Waals surface area contributed by atoms with Gasteiger partial charge in [0.05, 0.1) is 24.0 Å². The Kier molecular flexibility index (Phi) is 7.09. The van der Waals surface area contributed by atoms with E-state index in [1.807, 2.05) is 12.1 Å². The van der Waals surface area contributed by atoms with Crippen molar-refractivity contribution in [2.45, 2.75) is 13.0 Å². The van der Waals surface area contributed by atoms with Crippen molar-refractivity contribution in [3.05, 3.63) is 85.1 Å². The normalized spacial score (nSPS) is 11.1. The summed E-state index contributed by atoms with van der Waals surface area (Å²) in [6.07, 6.45) is 7.13. The molecule has 5 aromatic rings. The maximum Gasteiger partial charge on any atom is 0.246 e. The molecule has 3 heterocycles. The van der Waals surface area contributed by atoms with Gasteiger partial charge in [-0.1, -0.05) is 6.07 Å². The predicted molar refractivity (Wildman–Crippen MR) is 136 cm³/mol. The van der Waals surface area contributed by atoms with E-state index in [9.17, 15) is 13.6 Å². The van der Waals surface area contributed by atoms with Crippen molar-refractivity contribution in [3.8, 4) is 22.8 Å². The molecule has 2 aromatic carbocycles. The highest BCUT2D eigenvalue weighted by atomic mass is 35.5. The molecule has 0 aliphatic carbocycles. The minimum absolute atomic E-state index is 0.0641. The molecule has 0 fully saturated rings. The summed E-state index contributed by atoms with van der Waals surface area (Å²) in [5.74, 6) is -0.305. The lowest BCUT2D eigenvalue weighted by molar-refractivity contribution is -0.116. The minimum atomic E-state index is -0.524. The summed E-state index contributed by atoms with van der Waals surface area (Å²) >= 11 is 5.67. The zero-order chi connectivity index (χ0) is 25.8. The Balaban J connectivity index is 1.39. The van der Waals surface area contributed by atoms with Crippen LogP contribution in [0, 0.1) is 11.6 Å². The molecule has 0 saturated heterocycles. The Labute approximate surface area is 215 Å². The van der Waals surface area contributed by atoms with Crippen LogP contribution in [-0.4, -0.2) is 42.7 Å². The average molecular weight is 523 g/mol. The first-order valence-corrected chi connectivity index (χ1v) is 11.9. The molecule has 3 aromatic heterocycles. The van der Waals surface area contributed by atoms with Gasteiger partial charge in [-0.25, -0.2) is 18.7 Å². The number of halogens is 3. The molecule has 1 N–H and O–H groups in total.